The van der Waals surface area contributed by atoms with Crippen LogP contribution in [0.4, 0.5) is 5.82 Å². The molecule has 1 aromatic carbocycles. The summed E-state index contributed by atoms with van der Waals surface area (Å²) in [6, 6.07) is 9.40. The molecule has 2 rings (SSSR count). The maximum absolute atomic E-state index is 11.7. The Balaban J connectivity index is 2.41. The van der Waals surface area contributed by atoms with Gasteiger partial charge in [-0.25, -0.2) is 0 Å². The largest absolute Gasteiger partial charge is 0.384 e. The zero-order valence-electron chi connectivity index (χ0n) is 8.92. The smallest absolute Gasteiger partial charge is 0.309 e. The molecule has 0 aliphatic heterocycles. The Hall–Kier alpha value is -2.08. The highest BCUT2D eigenvalue weighted by Gasteiger charge is 2.15. The molecule has 0 saturated heterocycles. The lowest BCUT2D eigenvalue weighted by Gasteiger charge is -2.04. The van der Waals surface area contributed by atoms with E-state index in [-0.39, 0.29) is 15.6 Å². The van der Waals surface area contributed by atoms with Crippen LogP contribution in [0.15, 0.2) is 35.1 Å². The Morgan fingerprint density at radius 1 is 1.29 bits per heavy atom. The topological polar surface area (TPSA) is 91.1 Å². The number of aromatic nitrogens is 1. The van der Waals surface area contributed by atoms with Gasteiger partial charge in [-0.2, -0.15) is 0 Å². The van der Waals surface area contributed by atoms with Gasteiger partial charge < -0.3 is 11.5 Å². The van der Waals surface area contributed by atoms with Crippen molar-refractivity contribution in [1.29, 1.82) is 0 Å². The number of carbonyl (C=O) groups excluding carboxylic acids is 1. The van der Waals surface area contributed by atoms with Crippen molar-refractivity contribution in [2.45, 2.75) is 6.54 Å². The van der Waals surface area contributed by atoms with Crippen molar-refractivity contribution < 1.29 is 4.79 Å². The number of nitrogens with zero attached hydrogens (tertiary/aromatic N) is 1. The van der Waals surface area contributed by atoms with E-state index in [1.165, 1.54) is 4.57 Å². The predicted molar refractivity (Wildman–Crippen MR) is 67.1 cm³/mol. The summed E-state index contributed by atoms with van der Waals surface area (Å²) >= 11 is 0.776. The van der Waals surface area contributed by atoms with Gasteiger partial charge in [0.1, 0.15) is 10.7 Å². The summed E-state index contributed by atoms with van der Waals surface area (Å²) in [6.45, 7) is 0.343. The van der Waals surface area contributed by atoms with Gasteiger partial charge in [-0.3, -0.25) is 14.2 Å². The number of hydrogen-bond acceptors (Lipinski definition) is 4. The number of primary amides is 1. The van der Waals surface area contributed by atoms with E-state index in [2.05, 4.69) is 0 Å². The third kappa shape index (κ3) is 2.21. The predicted octanol–water partition coefficient (Wildman–Crippen LogP) is 0.639. The molecule has 0 atom stereocenters. The maximum Gasteiger partial charge on any atom is 0.309 e. The molecule has 17 heavy (non-hydrogen) atoms. The second kappa shape index (κ2) is 4.42. The molecule has 1 heterocycles. The van der Waals surface area contributed by atoms with E-state index in [9.17, 15) is 9.59 Å². The monoisotopic (exact) mass is 249 g/mol. The van der Waals surface area contributed by atoms with Crippen molar-refractivity contribution in [2.75, 3.05) is 5.73 Å². The van der Waals surface area contributed by atoms with Gasteiger partial charge in [-0.1, -0.05) is 41.7 Å². The van der Waals surface area contributed by atoms with Crippen molar-refractivity contribution in [2.24, 2.45) is 5.73 Å². The van der Waals surface area contributed by atoms with E-state index >= 15 is 0 Å². The minimum absolute atomic E-state index is 0.117. The maximum atomic E-state index is 11.7. The number of nitrogens with two attached hydrogens (primary N) is 2. The molecule has 0 saturated carbocycles. The number of amides is 1. The van der Waals surface area contributed by atoms with Crippen LogP contribution in [0, 0.1) is 0 Å². The highest BCUT2D eigenvalue weighted by molar-refractivity contribution is 7.12. The molecule has 0 unspecified atom stereocenters. The van der Waals surface area contributed by atoms with Crippen molar-refractivity contribution in [1.82, 2.24) is 4.57 Å². The van der Waals surface area contributed by atoms with E-state index in [0.29, 0.717) is 6.54 Å². The Morgan fingerprint density at radius 2 is 1.94 bits per heavy atom. The van der Waals surface area contributed by atoms with Crippen LogP contribution in [-0.2, 0) is 6.54 Å². The summed E-state index contributed by atoms with van der Waals surface area (Å²) in [6.07, 6.45) is 0. The van der Waals surface area contributed by atoms with Crippen LogP contribution < -0.4 is 16.3 Å². The molecular formula is C11H11N3O2S. The Kier molecular flexibility index (Phi) is 2.97. The Bertz CT molecular complexity index is 601. The van der Waals surface area contributed by atoms with Gasteiger partial charge in [0.05, 0.1) is 6.54 Å². The van der Waals surface area contributed by atoms with Crippen LogP contribution in [0.2, 0.25) is 0 Å². The zero-order valence-corrected chi connectivity index (χ0v) is 9.74. The number of anilines is 1. The molecular weight excluding hydrogens is 238 g/mol. The van der Waals surface area contributed by atoms with E-state index in [1.807, 2.05) is 30.3 Å². The summed E-state index contributed by atoms with van der Waals surface area (Å²) in [5, 5.41) is 0. The summed E-state index contributed by atoms with van der Waals surface area (Å²) < 4.78 is 1.35. The van der Waals surface area contributed by atoms with Crippen molar-refractivity contribution >= 4 is 23.1 Å². The minimum atomic E-state index is -0.670. The molecule has 0 aliphatic carbocycles. The quantitative estimate of drug-likeness (QED) is 0.836. The average molecular weight is 249 g/mol. The number of nitrogen functional groups attached to an aromatic ring is 1. The molecule has 0 fully saturated rings. The van der Waals surface area contributed by atoms with Crippen LogP contribution in [0.1, 0.15) is 15.2 Å². The summed E-state index contributed by atoms with van der Waals surface area (Å²) in [4.78, 5) is 22.5. The van der Waals surface area contributed by atoms with Crippen LogP contribution in [-0.4, -0.2) is 10.5 Å². The van der Waals surface area contributed by atoms with Gasteiger partial charge in [0.2, 0.25) is 0 Å². The number of carbonyl (C=O) groups is 1. The molecule has 1 aromatic heterocycles. The standard InChI is InChI=1S/C11H11N3O2S/c12-9-8(10(13)15)17-11(16)14(9)6-7-4-2-1-3-5-7/h1-5H,6,12H2,(H2,13,15). The van der Waals surface area contributed by atoms with Crippen molar-refractivity contribution in [3.63, 3.8) is 0 Å². The lowest BCUT2D eigenvalue weighted by molar-refractivity contribution is 0.100. The van der Waals surface area contributed by atoms with E-state index < -0.39 is 5.91 Å². The fourth-order valence-electron chi connectivity index (χ4n) is 1.51. The average Bonchev–Trinajstić information content (AvgIpc) is 2.58. The van der Waals surface area contributed by atoms with Gasteiger partial charge in [-0.15, -0.1) is 0 Å². The molecule has 4 N–H and O–H groups in total. The highest BCUT2D eigenvalue weighted by atomic mass is 32.1. The van der Waals surface area contributed by atoms with Crippen LogP contribution in [0.3, 0.4) is 0 Å². The number of benzene rings is 1. The molecule has 5 nitrogen and oxygen atoms in total. The van der Waals surface area contributed by atoms with Crippen molar-refractivity contribution in [3.05, 3.63) is 50.4 Å². The van der Waals surface area contributed by atoms with Crippen LogP contribution in [0.25, 0.3) is 0 Å². The fourth-order valence-corrected chi connectivity index (χ4v) is 2.27. The summed E-state index contributed by atoms with van der Waals surface area (Å²) in [7, 11) is 0. The Labute approximate surface area is 101 Å². The first-order valence-electron chi connectivity index (χ1n) is 4.92. The van der Waals surface area contributed by atoms with E-state index in [4.69, 9.17) is 11.5 Å². The van der Waals surface area contributed by atoms with E-state index in [1.54, 1.807) is 0 Å². The van der Waals surface area contributed by atoms with Gasteiger partial charge in [0.25, 0.3) is 5.91 Å². The normalized spacial score (nSPS) is 10.4. The van der Waals surface area contributed by atoms with Gasteiger partial charge in [0.15, 0.2) is 0 Å². The van der Waals surface area contributed by atoms with Crippen molar-refractivity contribution in [3.8, 4) is 0 Å². The molecule has 2 aromatic rings. The number of thiazole rings is 1. The molecule has 0 aliphatic rings. The third-order valence-corrected chi connectivity index (χ3v) is 3.35. The molecule has 6 heteroatoms. The van der Waals surface area contributed by atoms with Crippen LogP contribution in [0.5, 0.6) is 0 Å². The fraction of sp³-hybridized carbons (Fsp3) is 0.0909. The molecule has 0 radical (unpaired) electrons. The van der Waals surface area contributed by atoms with Gasteiger partial charge in [-0.05, 0) is 5.56 Å². The van der Waals surface area contributed by atoms with Gasteiger partial charge in [0, 0.05) is 0 Å². The second-order valence-electron chi connectivity index (χ2n) is 3.52. The highest BCUT2D eigenvalue weighted by Crippen LogP contribution is 2.15. The number of rotatable bonds is 3. The second-order valence-corrected chi connectivity index (χ2v) is 4.48. The Morgan fingerprint density at radius 3 is 2.47 bits per heavy atom. The van der Waals surface area contributed by atoms with E-state index in [0.717, 1.165) is 16.9 Å². The summed E-state index contributed by atoms with van der Waals surface area (Å²) in [5.74, 6) is -0.534. The molecule has 1 amide bonds. The molecule has 88 valence electrons. The lowest BCUT2D eigenvalue weighted by Crippen LogP contribution is -2.17. The van der Waals surface area contributed by atoms with Crippen LogP contribution >= 0.6 is 11.3 Å². The molecule has 0 spiro atoms. The summed E-state index contributed by atoms with van der Waals surface area (Å²) in [5.41, 5.74) is 11.8. The first-order chi connectivity index (χ1) is 8.09. The SMILES string of the molecule is NC(=O)c1sc(=O)n(Cc2ccccc2)c1N. The lowest BCUT2D eigenvalue weighted by atomic mass is 10.2. The first-order valence-corrected chi connectivity index (χ1v) is 5.74. The zero-order chi connectivity index (χ0) is 12.4. The number of hydrogen-bond donors (Lipinski definition) is 2. The first kappa shape index (κ1) is 11.4. The third-order valence-electron chi connectivity index (χ3n) is 2.34. The molecule has 0 bridgehead atoms. The van der Waals surface area contributed by atoms with Gasteiger partial charge >= 0.3 is 4.87 Å². The minimum Gasteiger partial charge on any atom is -0.384 e.